The molecule has 196 valence electrons. The summed E-state index contributed by atoms with van der Waals surface area (Å²) in [7, 11) is 0. The summed E-state index contributed by atoms with van der Waals surface area (Å²) in [6.45, 7) is 0. The van der Waals surface area contributed by atoms with Gasteiger partial charge in [-0.1, -0.05) is 6.07 Å². The number of fused-ring (bicyclic) bond motifs is 3. The Morgan fingerprint density at radius 3 is 2.32 bits per heavy atom. The van der Waals surface area contributed by atoms with Crippen LogP contribution in [-0.2, 0) is 25.6 Å². The number of hydrogen-bond acceptors (Lipinski definition) is 8. The Bertz CT molecular complexity index is 1440. The van der Waals surface area contributed by atoms with Crippen LogP contribution in [0.25, 0.3) is 0 Å². The molecule has 11 nitrogen and oxygen atoms in total. The average molecular weight is 523 g/mol. The highest BCUT2D eigenvalue weighted by atomic mass is 19.1. The van der Waals surface area contributed by atoms with Crippen molar-refractivity contribution in [3.63, 3.8) is 0 Å². The number of aliphatic hydroxyl groups is 1. The first-order valence-corrected chi connectivity index (χ1v) is 11.8. The van der Waals surface area contributed by atoms with Crippen LogP contribution in [0.4, 0.5) is 20.6 Å². The molecule has 0 heterocycles. The Morgan fingerprint density at radius 1 is 0.974 bits per heavy atom. The van der Waals surface area contributed by atoms with Gasteiger partial charge in [0.15, 0.2) is 34.7 Å². The fourth-order valence-corrected chi connectivity index (χ4v) is 5.86. The maximum atomic E-state index is 13.5. The summed E-state index contributed by atoms with van der Waals surface area (Å²) in [4.78, 5) is 76.4. The van der Waals surface area contributed by atoms with Crippen LogP contribution in [0.1, 0.15) is 28.8 Å². The highest BCUT2D eigenvalue weighted by molar-refractivity contribution is 6.31. The summed E-state index contributed by atoms with van der Waals surface area (Å²) in [5.41, 5.74) is 2.70. The molecule has 2 unspecified atom stereocenters. The lowest BCUT2D eigenvalue weighted by atomic mass is 9.54. The van der Waals surface area contributed by atoms with Gasteiger partial charge in [-0.15, -0.1) is 0 Å². The Hall–Kier alpha value is -4.45. The van der Waals surface area contributed by atoms with Gasteiger partial charge in [-0.05, 0) is 54.7 Å². The first kappa shape index (κ1) is 25.2. The number of phenols is 1. The quantitative estimate of drug-likeness (QED) is 0.292. The summed E-state index contributed by atoms with van der Waals surface area (Å²) in [6.07, 6.45) is -0.299. The first-order chi connectivity index (χ1) is 17.9. The van der Waals surface area contributed by atoms with Crippen LogP contribution in [0.2, 0.25) is 0 Å². The summed E-state index contributed by atoms with van der Waals surface area (Å²) in [6, 6.07) is 7.00. The van der Waals surface area contributed by atoms with Gasteiger partial charge in [0.2, 0.25) is 5.91 Å². The molecule has 3 aliphatic carbocycles. The molecule has 5 rings (SSSR count). The number of carbonyl (C=O) groups excluding carboxylic acids is 6. The Morgan fingerprint density at radius 2 is 1.66 bits per heavy atom. The molecule has 6 N–H and O–H groups in total. The molecule has 0 spiro atoms. The van der Waals surface area contributed by atoms with Gasteiger partial charge in [0.25, 0.3) is 0 Å². The second-order valence-electron chi connectivity index (χ2n) is 9.82. The number of nitrogens with two attached hydrogens (primary N) is 1. The third-order valence-electron chi connectivity index (χ3n) is 7.63. The molecular formula is C26H22FN3O8. The Kier molecular flexibility index (Phi) is 5.86. The maximum Gasteiger partial charge on any atom is 0.323 e. The van der Waals surface area contributed by atoms with Crippen LogP contribution < -0.4 is 16.4 Å². The van der Waals surface area contributed by atoms with E-state index in [9.17, 15) is 43.4 Å². The van der Waals surface area contributed by atoms with E-state index in [0.717, 1.165) is 12.1 Å². The number of amides is 3. The van der Waals surface area contributed by atoms with Crippen molar-refractivity contribution in [3.05, 3.63) is 53.3 Å². The van der Waals surface area contributed by atoms with Crippen LogP contribution in [0.3, 0.4) is 0 Å². The summed E-state index contributed by atoms with van der Waals surface area (Å²) < 4.78 is 13.1. The lowest BCUT2D eigenvalue weighted by Gasteiger charge is -2.48. The van der Waals surface area contributed by atoms with E-state index in [1.807, 2.05) is 0 Å². The first-order valence-electron chi connectivity index (χ1n) is 11.8. The number of benzene rings is 2. The van der Waals surface area contributed by atoms with E-state index < -0.39 is 82.3 Å². The van der Waals surface area contributed by atoms with E-state index in [-0.39, 0.29) is 29.8 Å². The third-order valence-corrected chi connectivity index (χ3v) is 7.63. The Labute approximate surface area is 214 Å². The molecule has 38 heavy (non-hydrogen) atoms. The number of primary amides is 1. The van der Waals surface area contributed by atoms with Gasteiger partial charge in [-0.25, -0.2) is 9.18 Å². The Balaban J connectivity index is 1.44. The second kappa shape index (κ2) is 8.84. The van der Waals surface area contributed by atoms with E-state index in [4.69, 9.17) is 5.73 Å². The highest BCUT2D eigenvalue weighted by Gasteiger charge is 2.66. The maximum absolute atomic E-state index is 13.5. The number of ketones is 4. The molecule has 2 fully saturated rings. The molecule has 2 aromatic carbocycles. The highest BCUT2D eigenvalue weighted by Crippen LogP contribution is 2.50. The predicted octanol–water partition coefficient (Wildman–Crippen LogP) is 1.11. The largest absolute Gasteiger partial charge is 0.505 e. The minimum Gasteiger partial charge on any atom is -0.505 e. The van der Waals surface area contributed by atoms with Crippen molar-refractivity contribution in [2.75, 3.05) is 10.6 Å². The molecular weight excluding hydrogens is 501 g/mol. The zero-order chi connectivity index (χ0) is 27.5. The number of hydrogen-bond donors (Lipinski definition) is 5. The zero-order valence-corrected chi connectivity index (χ0v) is 19.7. The van der Waals surface area contributed by atoms with Crippen LogP contribution in [0.5, 0.6) is 5.75 Å². The molecule has 0 aliphatic heterocycles. The summed E-state index contributed by atoms with van der Waals surface area (Å²) >= 11 is 0. The summed E-state index contributed by atoms with van der Waals surface area (Å²) in [5.74, 6) is -11.7. The number of urea groups is 1. The van der Waals surface area contributed by atoms with Crippen LogP contribution in [-0.4, -0.2) is 50.9 Å². The number of rotatable bonds is 3. The lowest BCUT2D eigenvalue weighted by Crippen LogP contribution is -2.68. The molecule has 0 aromatic heterocycles. The van der Waals surface area contributed by atoms with Crippen LogP contribution in [0.15, 0.2) is 36.4 Å². The fraction of sp³-hybridized carbons (Fsp3) is 0.308. The number of Topliss-reactive ketones (excluding diaryl/α,β-unsaturated/α-hetero) is 4. The molecule has 2 saturated carbocycles. The SMILES string of the molecule is NC(=O)C1C(=O)C[C@@H]2C[C@@H]3Cc4ccc(NC(=O)Nc5ccc(F)cc5)c(O)c4C(=O)C3C(=O)[C@]2(O)C1=O. The number of aromatic hydroxyl groups is 1. The smallest absolute Gasteiger partial charge is 0.323 e. The van der Waals surface area contributed by atoms with E-state index in [1.54, 1.807) is 0 Å². The third kappa shape index (κ3) is 3.76. The van der Waals surface area contributed by atoms with E-state index in [2.05, 4.69) is 10.6 Å². The van der Waals surface area contributed by atoms with Crippen LogP contribution in [0, 0.1) is 29.5 Å². The van der Waals surface area contributed by atoms with Crippen molar-refractivity contribution in [3.8, 4) is 5.75 Å². The number of phenolic OH excluding ortho intramolecular Hbond substituents is 1. The number of halogens is 1. The molecule has 3 aliphatic rings. The standard InChI is InChI=1S/C26H22FN3O8/c27-13-2-4-14(5-3-13)29-25(37)30-15-6-1-10-7-11-8-12-9-16(31)19(24(28)36)23(35)26(12,38)22(34)18(11)21(33)17(10)20(15)32/h1-6,11-12,18-19,32,38H,7-9H2,(H2,28,36)(H2,29,30,37)/t11-,12-,18?,19?,26-/m0/s1. The van der Waals surface area contributed by atoms with Gasteiger partial charge >= 0.3 is 6.03 Å². The zero-order valence-electron chi connectivity index (χ0n) is 19.7. The fourth-order valence-electron chi connectivity index (χ4n) is 5.86. The number of carbonyl (C=O) groups is 6. The topological polar surface area (TPSA) is 193 Å². The van der Waals surface area contributed by atoms with Gasteiger partial charge < -0.3 is 26.6 Å². The van der Waals surface area contributed by atoms with Crippen LogP contribution >= 0.6 is 0 Å². The molecule has 12 heteroatoms. The monoisotopic (exact) mass is 523 g/mol. The molecule has 5 atom stereocenters. The molecule has 2 aromatic rings. The minimum absolute atomic E-state index is 0.0120. The van der Waals surface area contributed by atoms with E-state index >= 15 is 0 Å². The normalized spacial score (nSPS) is 28.2. The van der Waals surface area contributed by atoms with Crippen molar-refractivity contribution in [1.29, 1.82) is 0 Å². The van der Waals surface area contributed by atoms with Crippen molar-refractivity contribution >= 4 is 46.4 Å². The molecule has 0 radical (unpaired) electrons. The van der Waals surface area contributed by atoms with Gasteiger partial charge in [0.05, 0.1) is 17.2 Å². The molecule has 3 amide bonds. The van der Waals surface area contributed by atoms with Gasteiger partial charge in [0, 0.05) is 18.0 Å². The van der Waals surface area contributed by atoms with E-state index in [0.29, 0.717) is 5.56 Å². The van der Waals surface area contributed by atoms with Crippen molar-refractivity contribution in [2.24, 2.45) is 29.4 Å². The average Bonchev–Trinajstić information content (AvgIpc) is 2.84. The number of nitrogens with one attached hydrogen (secondary N) is 2. The number of anilines is 2. The van der Waals surface area contributed by atoms with Gasteiger partial charge in [-0.2, -0.15) is 0 Å². The van der Waals surface area contributed by atoms with Gasteiger partial charge in [0.1, 0.15) is 11.6 Å². The minimum atomic E-state index is -2.73. The van der Waals surface area contributed by atoms with Crippen molar-refractivity contribution < 1.29 is 43.4 Å². The van der Waals surface area contributed by atoms with Crippen molar-refractivity contribution in [1.82, 2.24) is 0 Å². The lowest BCUT2D eigenvalue weighted by molar-refractivity contribution is -0.175. The van der Waals surface area contributed by atoms with Gasteiger partial charge in [-0.3, -0.25) is 24.0 Å². The molecule has 0 saturated heterocycles. The second-order valence-corrected chi connectivity index (χ2v) is 9.82. The molecule has 0 bridgehead atoms. The van der Waals surface area contributed by atoms with Crippen molar-refractivity contribution in [2.45, 2.75) is 24.9 Å². The van der Waals surface area contributed by atoms with E-state index in [1.165, 1.54) is 24.3 Å². The summed E-state index contributed by atoms with van der Waals surface area (Å²) in [5, 5.41) is 26.9. The predicted molar refractivity (Wildman–Crippen MR) is 128 cm³/mol.